The molecule has 1 fully saturated rings. The number of carbonyl (C=O) groups is 2. The number of aryl methyl sites for hydroxylation is 1. The third-order valence-corrected chi connectivity index (χ3v) is 4.69. The van der Waals surface area contributed by atoms with Gasteiger partial charge in [-0.25, -0.2) is 0 Å². The zero-order valence-corrected chi connectivity index (χ0v) is 16.0. The highest BCUT2D eigenvalue weighted by Gasteiger charge is 2.42. The molecule has 2 atom stereocenters. The van der Waals surface area contributed by atoms with Crippen LogP contribution in [-0.2, 0) is 27.8 Å². The smallest absolute Gasteiger partial charge is 0.251 e. The number of amides is 2. The van der Waals surface area contributed by atoms with E-state index < -0.39 is 12.1 Å². The van der Waals surface area contributed by atoms with E-state index >= 15 is 0 Å². The summed E-state index contributed by atoms with van der Waals surface area (Å²) < 4.78 is 7.42. The maximum atomic E-state index is 12.9. The van der Waals surface area contributed by atoms with E-state index in [0.717, 1.165) is 11.1 Å². The average Bonchev–Trinajstić information content (AvgIpc) is 3.06. The molecule has 1 N–H and O–H groups in total. The summed E-state index contributed by atoms with van der Waals surface area (Å²) in [6.07, 6.45) is 3.67. The maximum absolute atomic E-state index is 12.9. The molecule has 1 aromatic heterocycles. The summed E-state index contributed by atoms with van der Waals surface area (Å²) in [5.74, 6) is -0.302. The normalized spacial score (nSPS) is 20.1. The van der Waals surface area contributed by atoms with Gasteiger partial charge >= 0.3 is 0 Å². The fourth-order valence-corrected chi connectivity index (χ4v) is 3.47. The number of morpholine rings is 1. The minimum Gasteiger partial charge on any atom is -0.356 e. The SMILES string of the molecule is CC(C)N1C(=O)CO[C@H](C(=O)NCCc2cnn(C)c2)[C@H]1c1ccccc1. The van der Waals surface area contributed by atoms with Crippen LogP contribution < -0.4 is 5.32 Å². The summed E-state index contributed by atoms with van der Waals surface area (Å²) >= 11 is 0. The molecule has 7 nitrogen and oxygen atoms in total. The van der Waals surface area contributed by atoms with Crippen molar-refractivity contribution in [2.75, 3.05) is 13.2 Å². The zero-order valence-electron chi connectivity index (χ0n) is 16.0. The molecule has 0 unspecified atom stereocenters. The fraction of sp³-hybridized carbons (Fsp3) is 0.450. The van der Waals surface area contributed by atoms with Crippen LogP contribution in [0.25, 0.3) is 0 Å². The number of nitrogens with zero attached hydrogens (tertiary/aromatic N) is 3. The molecule has 0 aliphatic carbocycles. The summed E-state index contributed by atoms with van der Waals surface area (Å²) in [7, 11) is 1.86. The van der Waals surface area contributed by atoms with Gasteiger partial charge in [-0.3, -0.25) is 14.3 Å². The second-order valence-electron chi connectivity index (χ2n) is 7.05. The molecule has 2 heterocycles. The lowest BCUT2D eigenvalue weighted by atomic mass is 9.95. The van der Waals surface area contributed by atoms with E-state index in [-0.39, 0.29) is 24.5 Å². The number of rotatable bonds is 6. The average molecular weight is 370 g/mol. The molecule has 0 spiro atoms. The first-order valence-electron chi connectivity index (χ1n) is 9.20. The Kier molecular flexibility index (Phi) is 5.91. The lowest BCUT2D eigenvalue weighted by molar-refractivity contribution is -0.167. The monoisotopic (exact) mass is 370 g/mol. The van der Waals surface area contributed by atoms with Crippen LogP contribution in [0.5, 0.6) is 0 Å². The first-order chi connectivity index (χ1) is 13.0. The van der Waals surface area contributed by atoms with E-state index in [1.807, 2.05) is 57.4 Å². The first kappa shape index (κ1) is 19.1. The third-order valence-electron chi connectivity index (χ3n) is 4.69. The molecule has 1 saturated heterocycles. The van der Waals surface area contributed by atoms with Crippen LogP contribution in [-0.4, -0.2) is 51.8 Å². The molecule has 0 saturated carbocycles. The third kappa shape index (κ3) is 4.36. The van der Waals surface area contributed by atoms with E-state index in [1.165, 1.54) is 0 Å². The quantitative estimate of drug-likeness (QED) is 0.835. The van der Waals surface area contributed by atoms with Gasteiger partial charge in [0.15, 0.2) is 6.10 Å². The highest BCUT2D eigenvalue weighted by atomic mass is 16.5. The second kappa shape index (κ2) is 8.35. The molecular formula is C20H26N4O3. The second-order valence-corrected chi connectivity index (χ2v) is 7.05. The Balaban J connectivity index is 1.74. The Morgan fingerprint density at radius 2 is 2.07 bits per heavy atom. The molecule has 0 bridgehead atoms. The van der Waals surface area contributed by atoms with Gasteiger partial charge in [0.25, 0.3) is 5.91 Å². The van der Waals surface area contributed by atoms with Crippen LogP contribution in [0, 0.1) is 0 Å². The Hall–Kier alpha value is -2.67. The van der Waals surface area contributed by atoms with Crippen LogP contribution in [0.3, 0.4) is 0 Å². The fourth-order valence-electron chi connectivity index (χ4n) is 3.47. The topological polar surface area (TPSA) is 76.5 Å². The van der Waals surface area contributed by atoms with Crippen LogP contribution in [0.2, 0.25) is 0 Å². The van der Waals surface area contributed by atoms with Crippen molar-refractivity contribution in [2.24, 2.45) is 7.05 Å². The van der Waals surface area contributed by atoms with Crippen LogP contribution >= 0.6 is 0 Å². The number of ether oxygens (including phenoxy) is 1. The van der Waals surface area contributed by atoms with Crippen LogP contribution in [0.15, 0.2) is 42.7 Å². The minimum absolute atomic E-state index is 0.0303. The Labute approximate surface area is 159 Å². The summed E-state index contributed by atoms with van der Waals surface area (Å²) in [5.41, 5.74) is 1.95. The number of carbonyl (C=O) groups excluding carboxylic acids is 2. The Morgan fingerprint density at radius 1 is 1.33 bits per heavy atom. The number of benzene rings is 1. The number of hydrogen-bond donors (Lipinski definition) is 1. The molecule has 144 valence electrons. The van der Waals surface area contributed by atoms with Crippen LogP contribution in [0.4, 0.5) is 0 Å². The zero-order chi connectivity index (χ0) is 19.4. The van der Waals surface area contributed by atoms with Crippen molar-refractivity contribution in [3.63, 3.8) is 0 Å². The van der Waals surface area contributed by atoms with Gasteiger partial charge in [-0.15, -0.1) is 0 Å². The van der Waals surface area contributed by atoms with Crippen molar-refractivity contribution in [3.05, 3.63) is 53.9 Å². The minimum atomic E-state index is -0.735. The molecule has 1 aliphatic rings. The Morgan fingerprint density at radius 3 is 2.70 bits per heavy atom. The van der Waals surface area contributed by atoms with Gasteiger partial charge in [-0.2, -0.15) is 5.10 Å². The molecule has 1 aliphatic heterocycles. The van der Waals surface area contributed by atoms with Gasteiger partial charge in [0, 0.05) is 25.8 Å². The molecule has 0 radical (unpaired) electrons. The highest BCUT2D eigenvalue weighted by Crippen LogP contribution is 2.32. The van der Waals surface area contributed by atoms with E-state index in [2.05, 4.69) is 10.4 Å². The van der Waals surface area contributed by atoms with Gasteiger partial charge in [0.1, 0.15) is 6.61 Å². The number of nitrogens with one attached hydrogen (secondary N) is 1. The molecule has 2 amide bonds. The van der Waals surface area contributed by atoms with Gasteiger partial charge in [-0.1, -0.05) is 30.3 Å². The van der Waals surface area contributed by atoms with E-state index in [1.54, 1.807) is 15.8 Å². The predicted molar refractivity (Wildman–Crippen MR) is 101 cm³/mol. The molecular weight excluding hydrogens is 344 g/mol. The summed E-state index contributed by atoms with van der Waals surface area (Å²) in [6.45, 7) is 4.32. The van der Waals surface area contributed by atoms with Crippen LogP contribution in [0.1, 0.15) is 31.0 Å². The number of hydrogen-bond acceptors (Lipinski definition) is 4. The Bertz CT molecular complexity index is 788. The van der Waals surface area contributed by atoms with E-state index in [4.69, 9.17) is 4.74 Å². The summed E-state index contributed by atoms with van der Waals surface area (Å²) in [5, 5.41) is 7.07. The largest absolute Gasteiger partial charge is 0.356 e. The lowest BCUT2D eigenvalue weighted by Crippen LogP contribution is -2.56. The van der Waals surface area contributed by atoms with Crippen molar-refractivity contribution in [2.45, 2.75) is 38.5 Å². The summed E-state index contributed by atoms with van der Waals surface area (Å²) in [4.78, 5) is 27.1. The van der Waals surface area contributed by atoms with Crippen molar-refractivity contribution in [1.29, 1.82) is 0 Å². The molecule has 3 rings (SSSR count). The van der Waals surface area contributed by atoms with Gasteiger partial charge < -0.3 is 15.0 Å². The lowest BCUT2D eigenvalue weighted by Gasteiger charge is -2.42. The van der Waals surface area contributed by atoms with Gasteiger partial charge in [0.2, 0.25) is 5.91 Å². The van der Waals surface area contributed by atoms with Gasteiger partial charge in [-0.05, 0) is 31.4 Å². The van der Waals surface area contributed by atoms with Crippen molar-refractivity contribution < 1.29 is 14.3 Å². The molecule has 1 aromatic carbocycles. The molecule has 7 heteroatoms. The standard InChI is InChI=1S/C20H26N4O3/c1-14(2)24-17(25)13-27-19(18(24)16-7-5-4-6-8-16)20(26)21-10-9-15-11-22-23(3)12-15/h4-8,11-12,14,18-19H,9-10,13H2,1-3H3,(H,21,26)/t18-,19+/m1/s1. The first-order valence-corrected chi connectivity index (χ1v) is 9.20. The summed E-state index contributed by atoms with van der Waals surface area (Å²) in [6, 6.07) is 9.12. The van der Waals surface area contributed by atoms with Gasteiger partial charge in [0.05, 0.1) is 12.2 Å². The number of aromatic nitrogens is 2. The highest BCUT2D eigenvalue weighted by molar-refractivity contribution is 5.86. The molecule has 2 aromatic rings. The van der Waals surface area contributed by atoms with E-state index in [0.29, 0.717) is 13.0 Å². The predicted octanol–water partition coefficient (Wildman–Crippen LogP) is 1.46. The van der Waals surface area contributed by atoms with Crippen molar-refractivity contribution >= 4 is 11.8 Å². The van der Waals surface area contributed by atoms with Crippen molar-refractivity contribution in [3.8, 4) is 0 Å². The molecule has 27 heavy (non-hydrogen) atoms. The van der Waals surface area contributed by atoms with E-state index in [9.17, 15) is 9.59 Å². The maximum Gasteiger partial charge on any atom is 0.251 e. The van der Waals surface area contributed by atoms with Crippen molar-refractivity contribution in [1.82, 2.24) is 20.0 Å².